The highest BCUT2D eigenvalue weighted by atomic mass is 16.4. The van der Waals surface area contributed by atoms with Crippen LogP contribution in [0.4, 0.5) is 0 Å². The first kappa shape index (κ1) is 15.3. The van der Waals surface area contributed by atoms with Crippen LogP contribution < -0.4 is 0 Å². The van der Waals surface area contributed by atoms with Crippen LogP contribution in [-0.4, -0.2) is 35.0 Å². The lowest BCUT2D eigenvalue weighted by molar-refractivity contribution is -0.141. The molecule has 23 heavy (non-hydrogen) atoms. The van der Waals surface area contributed by atoms with Crippen LogP contribution in [0.25, 0.3) is 0 Å². The van der Waals surface area contributed by atoms with Crippen molar-refractivity contribution in [2.75, 3.05) is 13.1 Å². The average Bonchev–Trinajstić information content (AvgIpc) is 2.95. The zero-order valence-corrected chi connectivity index (χ0v) is 12.8. The van der Waals surface area contributed by atoms with Crippen LogP contribution in [0.5, 0.6) is 0 Å². The van der Waals surface area contributed by atoms with Crippen molar-refractivity contribution in [2.45, 2.75) is 12.3 Å². The number of aliphatic carboxylic acids is 1. The van der Waals surface area contributed by atoms with Crippen molar-refractivity contribution in [3.63, 3.8) is 0 Å². The molecule has 1 saturated heterocycles. The molecule has 0 spiro atoms. The lowest BCUT2D eigenvalue weighted by Crippen LogP contribution is -2.31. The molecule has 2 aromatic carbocycles. The summed E-state index contributed by atoms with van der Waals surface area (Å²) in [5.41, 5.74) is 2.26. The van der Waals surface area contributed by atoms with Crippen LogP contribution in [0, 0.1) is 5.92 Å². The van der Waals surface area contributed by atoms with E-state index in [0.29, 0.717) is 13.1 Å². The largest absolute Gasteiger partial charge is 0.481 e. The molecule has 1 amide bonds. The topological polar surface area (TPSA) is 57.6 Å². The molecule has 3 rings (SSSR count). The fraction of sp³-hybridized carbons (Fsp3) is 0.263. The Balaban J connectivity index is 1.86. The number of likely N-dealkylation sites (tertiary alicyclic amines) is 1. The minimum atomic E-state index is -0.892. The molecule has 0 saturated carbocycles. The summed E-state index contributed by atoms with van der Waals surface area (Å²) in [6.45, 7) is 0.807. The minimum absolute atomic E-state index is 0.0499. The third-order valence-corrected chi connectivity index (χ3v) is 4.37. The number of benzene rings is 2. The first-order chi connectivity index (χ1) is 11.1. The summed E-state index contributed by atoms with van der Waals surface area (Å²) in [6.07, 6.45) is 0.103. The first-order valence-electron chi connectivity index (χ1n) is 7.75. The second kappa shape index (κ2) is 6.65. The van der Waals surface area contributed by atoms with Gasteiger partial charge >= 0.3 is 5.97 Å². The molecule has 1 heterocycles. The second-order valence-electron chi connectivity index (χ2n) is 5.91. The van der Waals surface area contributed by atoms with Gasteiger partial charge in [-0.1, -0.05) is 60.7 Å². The highest BCUT2D eigenvalue weighted by Gasteiger charge is 2.35. The summed E-state index contributed by atoms with van der Waals surface area (Å²) >= 11 is 0. The van der Waals surface area contributed by atoms with E-state index in [2.05, 4.69) is 0 Å². The number of nitrogens with zero attached hydrogens (tertiary/aromatic N) is 1. The Morgan fingerprint density at radius 1 is 1.04 bits per heavy atom. The van der Waals surface area contributed by atoms with E-state index in [1.807, 2.05) is 60.7 Å². The molecule has 1 fully saturated rings. The zero-order valence-electron chi connectivity index (χ0n) is 12.8. The number of rotatable bonds is 5. The number of carboxylic acid groups (broad SMARTS) is 1. The number of hydrogen-bond acceptors (Lipinski definition) is 2. The average molecular weight is 309 g/mol. The van der Waals surface area contributed by atoms with Gasteiger partial charge < -0.3 is 10.0 Å². The maximum Gasteiger partial charge on any atom is 0.308 e. The number of carboxylic acids is 1. The quantitative estimate of drug-likeness (QED) is 0.924. The fourth-order valence-corrected chi connectivity index (χ4v) is 3.11. The number of carbonyl (C=O) groups is 2. The van der Waals surface area contributed by atoms with Gasteiger partial charge in [-0.2, -0.15) is 0 Å². The van der Waals surface area contributed by atoms with E-state index in [4.69, 9.17) is 5.11 Å². The molecule has 1 aliphatic rings. The van der Waals surface area contributed by atoms with Gasteiger partial charge in [-0.25, -0.2) is 0 Å². The first-order valence-corrected chi connectivity index (χ1v) is 7.75. The highest BCUT2D eigenvalue weighted by Crippen LogP contribution is 2.28. The van der Waals surface area contributed by atoms with Crippen molar-refractivity contribution in [2.24, 2.45) is 5.92 Å². The molecule has 118 valence electrons. The second-order valence-corrected chi connectivity index (χ2v) is 5.91. The maximum atomic E-state index is 12.1. The summed E-state index contributed by atoms with van der Waals surface area (Å²) in [4.78, 5) is 25.0. The van der Waals surface area contributed by atoms with Crippen molar-refractivity contribution < 1.29 is 14.7 Å². The van der Waals surface area contributed by atoms with Gasteiger partial charge in [-0.05, 0) is 11.1 Å². The van der Waals surface area contributed by atoms with Gasteiger partial charge in [-0.3, -0.25) is 9.59 Å². The van der Waals surface area contributed by atoms with Crippen LogP contribution in [0.1, 0.15) is 23.5 Å². The van der Waals surface area contributed by atoms with Gasteiger partial charge in [-0.15, -0.1) is 0 Å². The van der Waals surface area contributed by atoms with E-state index in [9.17, 15) is 9.59 Å². The Labute approximate surface area is 135 Å². The van der Waals surface area contributed by atoms with Gasteiger partial charge in [0.2, 0.25) is 5.91 Å². The van der Waals surface area contributed by atoms with E-state index >= 15 is 0 Å². The zero-order chi connectivity index (χ0) is 16.2. The van der Waals surface area contributed by atoms with E-state index in [0.717, 1.165) is 11.1 Å². The van der Waals surface area contributed by atoms with Crippen molar-refractivity contribution in [3.8, 4) is 0 Å². The molecular weight excluding hydrogens is 290 g/mol. The van der Waals surface area contributed by atoms with Gasteiger partial charge in [0.15, 0.2) is 0 Å². The van der Waals surface area contributed by atoms with E-state index in [1.165, 1.54) is 0 Å². The van der Waals surface area contributed by atoms with Crippen molar-refractivity contribution >= 4 is 11.9 Å². The summed E-state index contributed by atoms with van der Waals surface area (Å²) < 4.78 is 0. The number of amides is 1. The lowest BCUT2D eigenvalue weighted by Gasteiger charge is -2.25. The Hall–Kier alpha value is -2.62. The molecule has 4 nitrogen and oxygen atoms in total. The van der Waals surface area contributed by atoms with E-state index < -0.39 is 11.9 Å². The van der Waals surface area contributed by atoms with Gasteiger partial charge in [0.05, 0.1) is 5.92 Å². The van der Waals surface area contributed by atoms with E-state index in [1.54, 1.807) is 4.90 Å². The van der Waals surface area contributed by atoms with Gasteiger partial charge in [0, 0.05) is 25.4 Å². The van der Waals surface area contributed by atoms with Crippen molar-refractivity contribution in [1.29, 1.82) is 0 Å². The molecule has 1 aliphatic heterocycles. The molecule has 0 aliphatic carbocycles. The lowest BCUT2D eigenvalue weighted by atomic mass is 9.91. The Morgan fingerprint density at radius 3 is 2.00 bits per heavy atom. The van der Waals surface area contributed by atoms with E-state index in [-0.39, 0.29) is 18.2 Å². The van der Waals surface area contributed by atoms with Crippen LogP contribution in [0.3, 0.4) is 0 Å². The normalized spacial score (nSPS) is 17.7. The Morgan fingerprint density at radius 2 is 1.57 bits per heavy atom. The highest BCUT2D eigenvalue weighted by molar-refractivity contribution is 5.86. The molecule has 2 aromatic rings. The Kier molecular flexibility index (Phi) is 4.42. The van der Waals surface area contributed by atoms with Crippen molar-refractivity contribution in [1.82, 2.24) is 4.90 Å². The SMILES string of the molecule is O=C(O)[C@@H]1CC(=O)N(CC(c2ccccc2)c2ccccc2)C1. The van der Waals surface area contributed by atoms with Crippen molar-refractivity contribution in [3.05, 3.63) is 71.8 Å². The molecule has 1 N–H and O–H groups in total. The third-order valence-electron chi connectivity index (χ3n) is 4.37. The predicted octanol–water partition coefficient (Wildman–Crippen LogP) is 2.75. The van der Waals surface area contributed by atoms with Crippen LogP contribution in [0.2, 0.25) is 0 Å². The smallest absolute Gasteiger partial charge is 0.308 e. The maximum absolute atomic E-state index is 12.1. The van der Waals surface area contributed by atoms with Crippen LogP contribution >= 0.6 is 0 Å². The number of hydrogen-bond donors (Lipinski definition) is 1. The molecule has 0 aromatic heterocycles. The molecule has 0 unspecified atom stereocenters. The van der Waals surface area contributed by atoms with Gasteiger partial charge in [0.1, 0.15) is 0 Å². The fourth-order valence-electron chi connectivity index (χ4n) is 3.11. The monoisotopic (exact) mass is 309 g/mol. The minimum Gasteiger partial charge on any atom is -0.481 e. The molecular formula is C19H19NO3. The Bertz CT molecular complexity index is 645. The van der Waals surface area contributed by atoms with Crippen LogP contribution in [0.15, 0.2) is 60.7 Å². The predicted molar refractivity (Wildman–Crippen MR) is 87.0 cm³/mol. The molecule has 1 atom stereocenters. The third kappa shape index (κ3) is 3.42. The standard InChI is InChI=1S/C19H19NO3/c21-18-11-16(19(22)23)12-20(18)13-17(14-7-3-1-4-8-14)15-9-5-2-6-10-15/h1-10,16-17H,11-13H2,(H,22,23)/t16-/m1/s1. The number of carbonyl (C=O) groups excluding carboxylic acids is 1. The van der Waals surface area contributed by atoms with Gasteiger partial charge in [0.25, 0.3) is 0 Å². The summed E-state index contributed by atoms with van der Waals surface area (Å²) in [5, 5.41) is 9.14. The summed E-state index contributed by atoms with van der Waals surface area (Å²) in [5.74, 6) is -1.50. The molecule has 0 radical (unpaired) electrons. The summed E-state index contributed by atoms with van der Waals surface area (Å²) in [6, 6.07) is 20.1. The molecule has 4 heteroatoms. The van der Waals surface area contributed by atoms with Crippen LogP contribution in [-0.2, 0) is 9.59 Å². The molecule has 0 bridgehead atoms. The summed E-state index contributed by atoms with van der Waals surface area (Å²) in [7, 11) is 0.